The number of ether oxygens (including phenoxy) is 3. The maximum atomic E-state index is 11.1. The number of rotatable bonds is 5. The summed E-state index contributed by atoms with van der Waals surface area (Å²) >= 11 is 0. The number of nitrogens with two attached hydrogens (primary N) is 1. The van der Waals surface area contributed by atoms with Gasteiger partial charge in [-0.2, -0.15) is 0 Å². The van der Waals surface area contributed by atoms with Crippen molar-refractivity contribution < 1.29 is 19.0 Å². The van der Waals surface area contributed by atoms with Crippen LogP contribution in [-0.2, 0) is 9.53 Å². The van der Waals surface area contributed by atoms with Crippen molar-refractivity contribution in [3.63, 3.8) is 0 Å². The fourth-order valence-electron chi connectivity index (χ4n) is 1.88. The van der Waals surface area contributed by atoms with Gasteiger partial charge in [0.25, 0.3) is 0 Å². The number of primary amides is 1. The average molecular weight is 263 g/mol. The highest BCUT2D eigenvalue weighted by molar-refractivity contribution is 6.17. The minimum Gasteiger partial charge on any atom is -0.493 e. The molecule has 0 radical (unpaired) electrons. The lowest BCUT2D eigenvalue weighted by molar-refractivity contribution is -0.112. The van der Waals surface area contributed by atoms with Crippen LogP contribution in [0.5, 0.6) is 11.5 Å². The molecule has 1 aliphatic rings. The van der Waals surface area contributed by atoms with Crippen LogP contribution in [0.3, 0.4) is 0 Å². The van der Waals surface area contributed by atoms with Gasteiger partial charge < -0.3 is 19.9 Å². The van der Waals surface area contributed by atoms with Crippen LogP contribution in [0, 0.1) is 0 Å². The van der Waals surface area contributed by atoms with E-state index in [1.165, 1.54) is 0 Å². The first-order chi connectivity index (χ1) is 9.11. The minimum absolute atomic E-state index is 0.0408. The van der Waals surface area contributed by atoms with Gasteiger partial charge in [0.2, 0.25) is 5.91 Å². The van der Waals surface area contributed by atoms with Gasteiger partial charge in [-0.1, -0.05) is 12.6 Å². The highest BCUT2D eigenvalue weighted by atomic mass is 16.6. The second-order valence-electron chi connectivity index (χ2n) is 4.31. The molecule has 5 heteroatoms. The number of carbonyl (C=O) groups is 1. The normalized spacial score (nSPS) is 18.1. The lowest BCUT2D eigenvalue weighted by Crippen LogP contribution is -2.16. The minimum atomic E-state index is -0.556. The largest absolute Gasteiger partial charge is 0.493 e. The van der Waals surface area contributed by atoms with Crippen molar-refractivity contribution in [1.29, 1.82) is 0 Å². The Labute approximate surface area is 111 Å². The lowest BCUT2D eigenvalue weighted by atomic mass is 10.1. The summed E-state index contributed by atoms with van der Waals surface area (Å²) in [4.78, 5) is 11.1. The molecule has 1 fully saturated rings. The second-order valence-corrected chi connectivity index (χ2v) is 4.31. The highest BCUT2D eigenvalue weighted by Gasteiger charge is 2.19. The van der Waals surface area contributed by atoms with Crippen LogP contribution in [0.1, 0.15) is 12.0 Å². The van der Waals surface area contributed by atoms with Gasteiger partial charge in [-0.05, 0) is 17.7 Å². The fraction of sp³-hybridized carbons (Fsp3) is 0.357. The SMILES string of the molecule is C=C(C(N)=O)c1ccc(OC2CCOC2)c(OC)c1. The number of methoxy groups -OCH3 is 1. The Hall–Kier alpha value is -2.01. The predicted molar refractivity (Wildman–Crippen MR) is 71.1 cm³/mol. The fourth-order valence-corrected chi connectivity index (χ4v) is 1.88. The summed E-state index contributed by atoms with van der Waals surface area (Å²) in [5.41, 5.74) is 6.07. The van der Waals surface area contributed by atoms with Crippen molar-refractivity contribution in [3.05, 3.63) is 30.3 Å². The molecule has 2 N–H and O–H groups in total. The second kappa shape index (κ2) is 5.75. The van der Waals surface area contributed by atoms with Crippen LogP contribution in [0.15, 0.2) is 24.8 Å². The highest BCUT2D eigenvalue weighted by Crippen LogP contribution is 2.31. The zero-order chi connectivity index (χ0) is 13.8. The summed E-state index contributed by atoms with van der Waals surface area (Å²) in [6, 6.07) is 5.18. The van der Waals surface area contributed by atoms with Crippen molar-refractivity contribution in [2.45, 2.75) is 12.5 Å². The summed E-state index contributed by atoms with van der Waals surface area (Å²) in [6.45, 7) is 4.94. The molecular weight excluding hydrogens is 246 g/mol. The van der Waals surface area contributed by atoms with Crippen molar-refractivity contribution in [2.75, 3.05) is 20.3 Å². The summed E-state index contributed by atoms with van der Waals surface area (Å²) in [5, 5.41) is 0. The molecule has 1 heterocycles. The van der Waals surface area contributed by atoms with Crippen molar-refractivity contribution in [1.82, 2.24) is 0 Å². The van der Waals surface area contributed by atoms with E-state index in [2.05, 4.69) is 6.58 Å². The molecule has 1 aromatic carbocycles. The van der Waals surface area contributed by atoms with Gasteiger partial charge in [0.1, 0.15) is 6.10 Å². The number of hydrogen-bond donors (Lipinski definition) is 1. The molecule has 19 heavy (non-hydrogen) atoms. The van der Waals surface area contributed by atoms with Gasteiger partial charge in [-0.15, -0.1) is 0 Å². The van der Waals surface area contributed by atoms with Crippen molar-refractivity contribution in [2.24, 2.45) is 5.73 Å². The van der Waals surface area contributed by atoms with E-state index in [1.807, 2.05) is 0 Å². The van der Waals surface area contributed by atoms with Gasteiger partial charge in [0.05, 0.1) is 20.3 Å². The summed E-state index contributed by atoms with van der Waals surface area (Å²) < 4.78 is 16.3. The maximum Gasteiger partial charge on any atom is 0.248 e. The third-order valence-electron chi connectivity index (χ3n) is 2.99. The van der Waals surface area contributed by atoms with Crippen molar-refractivity contribution in [3.8, 4) is 11.5 Å². The number of hydrogen-bond acceptors (Lipinski definition) is 4. The molecule has 0 saturated carbocycles. The Kier molecular flexibility index (Phi) is 4.06. The first-order valence-electron chi connectivity index (χ1n) is 6.03. The quantitative estimate of drug-likeness (QED) is 0.814. The zero-order valence-corrected chi connectivity index (χ0v) is 10.8. The molecule has 1 aromatic rings. The Bertz CT molecular complexity index is 492. The summed E-state index contributed by atoms with van der Waals surface area (Å²) in [5.74, 6) is 0.616. The standard InChI is InChI=1S/C14H17NO4/c1-9(14(15)16)10-3-4-12(13(7-10)17-2)19-11-5-6-18-8-11/h3-4,7,11H,1,5-6,8H2,2H3,(H2,15,16). The van der Waals surface area contributed by atoms with Crippen LogP contribution in [0.2, 0.25) is 0 Å². The number of benzene rings is 1. The lowest BCUT2D eigenvalue weighted by Gasteiger charge is -2.15. The molecule has 1 aliphatic heterocycles. The van der Waals surface area contributed by atoms with E-state index < -0.39 is 5.91 Å². The molecule has 0 aromatic heterocycles. The van der Waals surface area contributed by atoms with Gasteiger partial charge in [0.15, 0.2) is 11.5 Å². The monoisotopic (exact) mass is 263 g/mol. The zero-order valence-electron chi connectivity index (χ0n) is 10.8. The smallest absolute Gasteiger partial charge is 0.248 e. The Balaban J connectivity index is 2.20. The van der Waals surface area contributed by atoms with E-state index in [4.69, 9.17) is 19.9 Å². The first kappa shape index (κ1) is 13.4. The summed E-state index contributed by atoms with van der Waals surface area (Å²) in [7, 11) is 1.55. The van der Waals surface area contributed by atoms with E-state index in [-0.39, 0.29) is 11.7 Å². The molecule has 1 unspecified atom stereocenters. The van der Waals surface area contributed by atoms with E-state index in [1.54, 1.807) is 25.3 Å². The Morgan fingerprint density at radius 2 is 2.26 bits per heavy atom. The average Bonchev–Trinajstić information content (AvgIpc) is 2.91. The topological polar surface area (TPSA) is 70.8 Å². The number of carbonyl (C=O) groups excluding carboxylic acids is 1. The Morgan fingerprint density at radius 1 is 1.47 bits per heavy atom. The van der Waals surface area contributed by atoms with E-state index in [9.17, 15) is 4.79 Å². The predicted octanol–water partition coefficient (Wildman–Crippen LogP) is 1.36. The summed E-state index contributed by atoms with van der Waals surface area (Å²) in [6.07, 6.45) is 0.901. The molecule has 1 saturated heterocycles. The van der Waals surface area contributed by atoms with Gasteiger partial charge >= 0.3 is 0 Å². The van der Waals surface area contributed by atoms with E-state index in [0.29, 0.717) is 30.3 Å². The van der Waals surface area contributed by atoms with Crippen LogP contribution in [0.4, 0.5) is 0 Å². The third kappa shape index (κ3) is 3.06. The molecule has 2 rings (SSSR count). The van der Waals surface area contributed by atoms with Crippen LogP contribution < -0.4 is 15.2 Å². The van der Waals surface area contributed by atoms with E-state index >= 15 is 0 Å². The van der Waals surface area contributed by atoms with Gasteiger partial charge in [-0.3, -0.25) is 4.79 Å². The molecule has 0 bridgehead atoms. The molecule has 102 valence electrons. The molecular formula is C14H17NO4. The van der Waals surface area contributed by atoms with Gasteiger partial charge in [0, 0.05) is 12.0 Å². The Morgan fingerprint density at radius 3 is 2.84 bits per heavy atom. The van der Waals surface area contributed by atoms with E-state index in [0.717, 1.165) is 6.42 Å². The number of amides is 1. The van der Waals surface area contributed by atoms with Crippen LogP contribution in [0.25, 0.3) is 5.57 Å². The third-order valence-corrected chi connectivity index (χ3v) is 2.99. The first-order valence-corrected chi connectivity index (χ1v) is 6.03. The van der Waals surface area contributed by atoms with Gasteiger partial charge in [-0.25, -0.2) is 0 Å². The molecule has 0 aliphatic carbocycles. The van der Waals surface area contributed by atoms with Crippen LogP contribution >= 0.6 is 0 Å². The van der Waals surface area contributed by atoms with Crippen LogP contribution in [-0.4, -0.2) is 32.3 Å². The molecule has 0 spiro atoms. The molecule has 5 nitrogen and oxygen atoms in total. The maximum absolute atomic E-state index is 11.1. The molecule has 1 amide bonds. The molecule has 1 atom stereocenters. The van der Waals surface area contributed by atoms with Crippen molar-refractivity contribution >= 4 is 11.5 Å².